The highest BCUT2D eigenvalue weighted by Gasteiger charge is 2.15. The molecule has 78 valence electrons. The van der Waals surface area contributed by atoms with Crippen molar-refractivity contribution in [3.05, 3.63) is 34.6 Å². The molecule has 2 N–H and O–H groups in total. The van der Waals surface area contributed by atoms with Crippen molar-refractivity contribution in [3.63, 3.8) is 0 Å². The van der Waals surface area contributed by atoms with Crippen molar-refractivity contribution in [1.29, 1.82) is 0 Å². The minimum absolute atomic E-state index is 0.208. The highest BCUT2D eigenvalue weighted by molar-refractivity contribution is 6.31. The number of alkyl halides is 2. The van der Waals surface area contributed by atoms with Crippen LogP contribution in [-0.4, -0.2) is 6.43 Å². The zero-order chi connectivity index (χ0) is 10.7. The Bertz CT molecular complexity index is 317. The first-order valence-electron chi connectivity index (χ1n) is 3.99. The topological polar surface area (TPSA) is 26.0 Å². The summed E-state index contributed by atoms with van der Waals surface area (Å²) >= 11 is 5.68. The molecule has 0 fully saturated rings. The number of nitrogens with two attached hydrogens (primary N) is 1. The summed E-state index contributed by atoms with van der Waals surface area (Å²) < 4.78 is 36.7. The van der Waals surface area contributed by atoms with Gasteiger partial charge in [0.1, 0.15) is 5.82 Å². The molecule has 1 rings (SSSR count). The van der Waals surface area contributed by atoms with Gasteiger partial charge in [0.2, 0.25) is 6.43 Å². The van der Waals surface area contributed by atoms with Crippen LogP contribution < -0.4 is 5.73 Å². The van der Waals surface area contributed by atoms with Crippen LogP contribution in [0.15, 0.2) is 18.2 Å². The predicted molar refractivity (Wildman–Crippen MR) is 49.0 cm³/mol. The van der Waals surface area contributed by atoms with Gasteiger partial charge in [-0.2, -0.15) is 0 Å². The molecule has 1 aromatic carbocycles. The molecule has 0 heterocycles. The SMILES string of the molecule is N[C@H](CC(F)F)c1cc(F)ccc1Cl. The lowest BCUT2D eigenvalue weighted by Gasteiger charge is -2.12. The molecule has 1 atom stereocenters. The van der Waals surface area contributed by atoms with Gasteiger partial charge >= 0.3 is 0 Å². The maximum Gasteiger partial charge on any atom is 0.240 e. The lowest BCUT2D eigenvalue weighted by atomic mass is 10.0. The van der Waals surface area contributed by atoms with Crippen LogP contribution in [0.5, 0.6) is 0 Å². The molecule has 0 saturated carbocycles. The average Bonchev–Trinajstić information content (AvgIpc) is 2.08. The van der Waals surface area contributed by atoms with Gasteiger partial charge in [-0.3, -0.25) is 0 Å². The molecule has 0 aromatic heterocycles. The Balaban J connectivity index is 2.88. The summed E-state index contributed by atoms with van der Waals surface area (Å²) in [6.07, 6.45) is -3.05. The van der Waals surface area contributed by atoms with Gasteiger partial charge in [-0.15, -0.1) is 0 Å². The molecular formula is C9H9ClF3N. The van der Waals surface area contributed by atoms with E-state index in [1.54, 1.807) is 0 Å². The lowest BCUT2D eigenvalue weighted by molar-refractivity contribution is 0.128. The summed E-state index contributed by atoms with van der Waals surface area (Å²) in [6.45, 7) is 0. The fraction of sp³-hybridized carbons (Fsp3) is 0.333. The number of halogens is 4. The normalized spacial score (nSPS) is 13.3. The lowest BCUT2D eigenvalue weighted by Crippen LogP contribution is -2.14. The Morgan fingerprint density at radius 2 is 2.00 bits per heavy atom. The third kappa shape index (κ3) is 2.89. The second-order valence-electron chi connectivity index (χ2n) is 2.90. The van der Waals surface area contributed by atoms with Gasteiger partial charge in [-0.25, -0.2) is 13.2 Å². The molecule has 0 aliphatic carbocycles. The van der Waals surface area contributed by atoms with Crippen LogP contribution in [0.3, 0.4) is 0 Å². The summed E-state index contributed by atoms with van der Waals surface area (Å²) in [5, 5.41) is 0.208. The third-order valence-corrected chi connectivity index (χ3v) is 2.13. The van der Waals surface area contributed by atoms with Crippen LogP contribution in [0.4, 0.5) is 13.2 Å². The minimum Gasteiger partial charge on any atom is -0.324 e. The van der Waals surface area contributed by atoms with E-state index in [-0.39, 0.29) is 10.6 Å². The maximum atomic E-state index is 12.7. The van der Waals surface area contributed by atoms with Crippen LogP contribution in [0.1, 0.15) is 18.0 Å². The van der Waals surface area contributed by atoms with Gasteiger partial charge < -0.3 is 5.73 Å². The molecule has 0 aliphatic rings. The molecule has 0 unspecified atom stereocenters. The van der Waals surface area contributed by atoms with Crippen molar-refractivity contribution in [2.24, 2.45) is 5.73 Å². The average molecular weight is 224 g/mol. The van der Waals surface area contributed by atoms with Crippen LogP contribution in [-0.2, 0) is 0 Å². The number of benzene rings is 1. The first kappa shape index (κ1) is 11.3. The van der Waals surface area contributed by atoms with E-state index in [2.05, 4.69) is 0 Å². The Labute approximate surface area is 84.7 Å². The summed E-state index contributed by atoms with van der Waals surface area (Å²) in [7, 11) is 0. The molecule has 1 aromatic rings. The van der Waals surface area contributed by atoms with Gasteiger partial charge in [0, 0.05) is 17.5 Å². The van der Waals surface area contributed by atoms with Crippen LogP contribution in [0.25, 0.3) is 0 Å². The number of hydrogen-bond donors (Lipinski definition) is 1. The summed E-state index contributed by atoms with van der Waals surface area (Å²) in [6, 6.07) is 2.60. The largest absolute Gasteiger partial charge is 0.324 e. The number of hydrogen-bond acceptors (Lipinski definition) is 1. The molecule has 14 heavy (non-hydrogen) atoms. The van der Waals surface area contributed by atoms with Crippen LogP contribution in [0.2, 0.25) is 5.02 Å². The minimum atomic E-state index is -2.52. The first-order valence-corrected chi connectivity index (χ1v) is 4.37. The van der Waals surface area contributed by atoms with Gasteiger partial charge in [-0.05, 0) is 23.8 Å². The highest BCUT2D eigenvalue weighted by Crippen LogP contribution is 2.26. The van der Waals surface area contributed by atoms with Crippen molar-refractivity contribution in [2.75, 3.05) is 0 Å². The Hall–Kier alpha value is -0.740. The summed E-state index contributed by atoms with van der Waals surface area (Å²) in [5.74, 6) is -0.533. The molecular weight excluding hydrogens is 215 g/mol. The molecule has 0 spiro atoms. The second kappa shape index (κ2) is 4.66. The van der Waals surface area contributed by atoms with E-state index in [1.807, 2.05) is 0 Å². The Morgan fingerprint density at radius 3 is 2.57 bits per heavy atom. The smallest absolute Gasteiger partial charge is 0.240 e. The zero-order valence-electron chi connectivity index (χ0n) is 7.18. The van der Waals surface area contributed by atoms with Crippen molar-refractivity contribution in [3.8, 4) is 0 Å². The second-order valence-corrected chi connectivity index (χ2v) is 3.31. The number of rotatable bonds is 3. The third-order valence-electron chi connectivity index (χ3n) is 1.79. The van der Waals surface area contributed by atoms with Gasteiger partial charge in [0.25, 0.3) is 0 Å². The molecule has 0 amide bonds. The van der Waals surface area contributed by atoms with E-state index in [0.717, 1.165) is 12.1 Å². The molecule has 0 aliphatic heterocycles. The molecule has 1 nitrogen and oxygen atoms in total. The van der Waals surface area contributed by atoms with Crippen LogP contribution >= 0.6 is 11.6 Å². The van der Waals surface area contributed by atoms with E-state index in [1.165, 1.54) is 6.07 Å². The Morgan fingerprint density at radius 1 is 1.36 bits per heavy atom. The monoisotopic (exact) mass is 223 g/mol. The highest BCUT2D eigenvalue weighted by atomic mass is 35.5. The first-order chi connectivity index (χ1) is 6.50. The Kier molecular flexibility index (Phi) is 3.77. The maximum absolute atomic E-state index is 12.7. The quantitative estimate of drug-likeness (QED) is 0.837. The summed E-state index contributed by atoms with van der Waals surface area (Å²) in [4.78, 5) is 0. The van der Waals surface area contributed by atoms with Gasteiger partial charge in [0.05, 0.1) is 0 Å². The van der Waals surface area contributed by atoms with Crippen molar-refractivity contribution in [1.82, 2.24) is 0 Å². The zero-order valence-corrected chi connectivity index (χ0v) is 7.94. The predicted octanol–water partition coefficient (Wildman–Crippen LogP) is 3.13. The van der Waals surface area contributed by atoms with E-state index >= 15 is 0 Å². The van der Waals surface area contributed by atoms with Gasteiger partial charge in [-0.1, -0.05) is 11.6 Å². The van der Waals surface area contributed by atoms with E-state index in [9.17, 15) is 13.2 Å². The molecule has 0 bridgehead atoms. The fourth-order valence-corrected chi connectivity index (χ4v) is 1.38. The van der Waals surface area contributed by atoms with Crippen molar-refractivity contribution in [2.45, 2.75) is 18.9 Å². The van der Waals surface area contributed by atoms with Gasteiger partial charge in [0.15, 0.2) is 0 Å². The molecule has 5 heteroatoms. The summed E-state index contributed by atoms with van der Waals surface area (Å²) in [5.41, 5.74) is 5.65. The van der Waals surface area contributed by atoms with E-state index in [4.69, 9.17) is 17.3 Å². The standard InChI is InChI=1S/C9H9ClF3N/c10-7-2-1-5(11)3-6(7)8(14)4-9(12)13/h1-3,8-9H,4,14H2/t8-/m1/s1. The molecule has 0 saturated heterocycles. The molecule has 0 radical (unpaired) electrons. The van der Waals surface area contributed by atoms with Crippen molar-refractivity contribution < 1.29 is 13.2 Å². The van der Waals surface area contributed by atoms with Crippen molar-refractivity contribution >= 4 is 11.6 Å². The van der Waals surface area contributed by atoms with E-state index in [0.29, 0.717) is 0 Å². The fourth-order valence-electron chi connectivity index (χ4n) is 1.12. The van der Waals surface area contributed by atoms with Crippen LogP contribution in [0, 0.1) is 5.82 Å². The van der Waals surface area contributed by atoms with E-state index < -0.39 is 24.7 Å².